The van der Waals surface area contributed by atoms with Crippen molar-refractivity contribution < 1.29 is 28.5 Å². The molecule has 2 amide bonds. The van der Waals surface area contributed by atoms with Gasteiger partial charge in [-0.15, -0.1) is 0 Å². The molecule has 19 heteroatoms. The average molecular weight is 885 g/mol. The molecule has 336 valence electrons. The van der Waals surface area contributed by atoms with E-state index in [2.05, 4.69) is 40.1 Å². The molecular formula is C44H57ClN12O6. The highest BCUT2D eigenvalue weighted by Gasteiger charge is 2.28. The molecule has 6 heterocycles. The van der Waals surface area contributed by atoms with Crippen molar-refractivity contribution in [2.24, 2.45) is 0 Å². The number of carbonyl (C=O) groups excluding carboxylic acids is 2. The summed E-state index contributed by atoms with van der Waals surface area (Å²) >= 11 is 5.97. The molecule has 2 aliphatic rings. The van der Waals surface area contributed by atoms with E-state index in [0.717, 1.165) is 71.4 Å². The van der Waals surface area contributed by atoms with Crippen LogP contribution in [0.25, 0.3) is 22.3 Å². The van der Waals surface area contributed by atoms with Crippen LogP contribution in [0, 0.1) is 0 Å². The molecule has 63 heavy (non-hydrogen) atoms. The van der Waals surface area contributed by atoms with Crippen LogP contribution in [-0.2, 0) is 22.6 Å². The molecule has 2 aliphatic heterocycles. The Kier molecular flexibility index (Phi) is 15.2. The first-order chi connectivity index (χ1) is 30.1. The fourth-order valence-corrected chi connectivity index (χ4v) is 6.82. The number of benzene rings is 2. The Morgan fingerprint density at radius 3 is 1.52 bits per heavy atom. The SMILES string of the molecule is CC(C)(C)OC(=O)N1CCNCC1.COc1ccc(Cn2cnc3c(Cl)ncnc32)cc1.COc1ccc(Cn2cnc3c(N4CCN(C(=O)OC(C)(C)C)CC4)ncnc32)cc1. The highest BCUT2D eigenvalue weighted by atomic mass is 35.5. The zero-order chi connectivity index (χ0) is 45.1. The number of imidazole rings is 2. The highest BCUT2D eigenvalue weighted by Crippen LogP contribution is 2.25. The van der Waals surface area contributed by atoms with E-state index in [-0.39, 0.29) is 17.8 Å². The van der Waals surface area contributed by atoms with Gasteiger partial charge in [-0.05, 0) is 76.9 Å². The Morgan fingerprint density at radius 2 is 1.05 bits per heavy atom. The first-order valence-corrected chi connectivity index (χ1v) is 21.1. The van der Waals surface area contributed by atoms with Gasteiger partial charge in [-0.3, -0.25) is 0 Å². The van der Waals surface area contributed by atoms with Crippen LogP contribution in [-0.4, -0.2) is 139 Å². The van der Waals surface area contributed by atoms with Crippen molar-refractivity contribution in [1.29, 1.82) is 0 Å². The average Bonchev–Trinajstić information content (AvgIpc) is 3.88. The molecule has 4 aromatic heterocycles. The quantitative estimate of drug-likeness (QED) is 0.176. The van der Waals surface area contributed by atoms with Crippen molar-refractivity contribution >= 4 is 51.9 Å². The molecule has 2 aromatic carbocycles. The lowest BCUT2D eigenvalue weighted by Crippen LogP contribution is -2.50. The van der Waals surface area contributed by atoms with Gasteiger partial charge in [0.1, 0.15) is 40.9 Å². The van der Waals surface area contributed by atoms with E-state index in [0.29, 0.717) is 49.9 Å². The molecular weight excluding hydrogens is 828 g/mol. The van der Waals surface area contributed by atoms with E-state index in [4.69, 9.17) is 30.5 Å². The number of fused-ring (bicyclic) bond motifs is 2. The van der Waals surface area contributed by atoms with Gasteiger partial charge in [-0.25, -0.2) is 39.5 Å². The van der Waals surface area contributed by atoms with E-state index in [1.54, 1.807) is 43.0 Å². The van der Waals surface area contributed by atoms with Crippen molar-refractivity contribution in [2.45, 2.75) is 65.8 Å². The fraction of sp³-hybridized carbons (Fsp3) is 0.455. The van der Waals surface area contributed by atoms with Gasteiger partial charge in [0.2, 0.25) is 0 Å². The summed E-state index contributed by atoms with van der Waals surface area (Å²) in [4.78, 5) is 55.3. The normalized spacial score (nSPS) is 14.3. The van der Waals surface area contributed by atoms with Gasteiger partial charge in [0.25, 0.3) is 0 Å². The number of piperazine rings is 2. The number of halogens is 1. The first kappa shape index (κ1) is 46.2. The van der Waals surface area contributed by atoms with Crippen LogP contribution >= 0.6 is 11.6 Å². The second kappa shape index (κ2) is 20.7. The molecule has 2 saturated heterocycles. The highest BCUT2D eigenvalue weighted by molar-refractivity contribution is 6.33. The molecule has 1 N–H and O–H groups in total. The van der Waals surface area contributed by atoms with E-state index in [1.165, 1.54) is 6.33 Å². The molecule has 0 spiro atoms. The molecule has 0 atom stereocenters. The van der Waals surface area contributed by atoms with Crippen LogP contribution in [0.15, 0.2) is 73.8 Å². The number of methoxy groups -OCH3 is 2. The summed E-state index contributed by atoms with van der Waals surface area (Å²) in [6.45, 7) is 18.3. The number of aromatic nitrogens is 8. The molecule has 6 aromatic rings. The number of nitrogens with one attached hydrogen (secondary N) is 1. The lowest BCUT2D eigenvalue weighted by molar-refractivity contribution is 0.0223. The van der Waals surface area contributed by atoms with Gasteiger partial charge in [0.15, 0.2) is 27.8 Å². The van der Waals surface area contributed by atoms with Gasteiger partial charge in [-0.1, -0.05) is 35.9 Å². The molecule has 0 unspecified atom stereocenters. The number of hydrogen-bond donors (Lipinski definition) is 1. The maximum absolute atomic E-state index is 12.3. The summed E-state index contributed by atoms with van der Waals surface area (Å²) in [6.07, 6.45) is 6.05. The van der Waals surface area contributed by atoms with E-state index in [9.17, 15) is 9.59 Å². The minimum Gasteiger partial charge on any atom is -0.497 e. The maximum atomic E-state index is 12.3. The van der Waals surface area contributed by atoms with Gasteiger partial charge < -0.3 is 48.1 Å². The molecule has 8 rings (SSSR count). The number of hydrogen-bond acceptors (Lipinski definition) is 14. The van der Waals surface area contributed by atoms with Gasteiger partial charge in [-0.2, -0.15) is 0 Å². The Hall–Kier alpha value is -6.27. The fourth-order valence-electron chi connectivity index (χ4n) is 6.64. The minimum absolute atomic E-state index is 0.200. The lowest BCUT2D eigenvalue weighted by Gasteiger charge is -2.36. The number of carbonyl (C=O) groups is 2. The largest absolute Gasteiger partial charge is 0.497 e. The van der Waals surface area contributed by atoms with Crippen molar-refractivity contribution in [1.82, 2.24) is 54.2 Å². The summed E-state index contributed by atoms with van der Waals surface area (Å²) in [7, 11) is 3.31. The Labute approximate surface area is 372 Å². The number of nitrogens with zero attached hydrogens (tertiary/aromatic N) is 11. The molecule has 18 nitrogen and oxygen atoms in total. The summed E-state index contributed by atoms with van der Waals surface area (Å²) in [5, 5.41) is 3.56. The van der Waals surface area contributed by atoms with E-state index >= 15 is 0 Å². The summed E-state index contributed by atoms with van der Waals surface area (Å²) in [5.74, 6) is 2.46. The Bertz CT molecular complexity index is 2420. The third-order valence-electron chi connectivity index (χ3n) is 9.76. The number of amides is 2. The molecule has 0 saturated carbocycles. The number of ether oxygens (including phenoxy) is 4. The van der Waals surface area contributed by atoms with Crippen LogP contribution in [0.2, 0.25) is 5.15 Å². The van der Waals surface area contributed by atoms with E-state index < -0.39 is 5.60 Å². The van der Waals surface area contributed by atoms with Crippen LogP contribution in [0.4, 0.5) is 15.4 Å². The second-order valence-corrected chi connectivity index (χ2v) is 17.2. The maximum Gasteiger partial charge on any atom is 0.410 e. The predicted octanol–water partition coefficient (Wildman–Crippen LogP) is 6.30. The van der Waals surface area contributed by atoms with Crippen molar-refractivity contribution in [3.05, 3.63) is 90.1 Å². The van der Waals surface area contributed by atoms with E-state index in [1.807, 2.05) is 99.2 Å². The van der Waals surface area contributed by atoms with Gasteiger partial charge >= 0.3 is 12.2 Å². The Balaban J connectivity index is 0.000000175. The van der Waals surface area contributed by atoms with Crippen molar-refractivity contribution in [2.75, 3.05) is 71.5 Å². The zero-order valence-corrected chi connectivity index (χ0v) is 38.0. The second-order valence-electron chi connectivity index (χ2n) is 16.8. The van der Waals surface area contributed by atoms with Crippen LogP contribution in [0.5, 0.6) is 11.5 Å². The predicted molar refractivity (Wildman–Crippen MR) is 241 cm³/mol. The summed E-state index contributed by atoms with van der Waals surface area (Å²) in [6, 6.07) is 15.8. The van der Waals surface area contributed by atoms with Gasteiger partial charge in [0.05, 0.1) is 40.0 Å². The molecule has 0 bridgehead atoms. The first-order valence-electron chi connectivity index (χ1n) is 20.8. The third-order valence-corrected chi connectivity index (χ3v) is 10.0. The smallest absolute Gasteiger partial charge is 0.410 e. The van der Waals surface area contributed by atoms with Gasteiger partial charge in [0, 0.05) is 52.4 Å². The zero-order valence-electron chi connectivity index (χ0n) is 37.2. The van der Waals surface area contributed by atoms with Crippen LogP contribution < -0.4 is 19.7 Å². The monoisotopic (exact) mass is 884 g/mol. The third kappa shape index (κ3) is 12.9. The minimum atomic E-state index is -0.496. The molecule has 2 fully saturated rings. The van der Waals surface area contributed by atoms with Crippen LogP contribution in [0.3, 0.4) is 0 Å². The molecule has 0 aliphatic carbocycles. The molecule has 0 radical (unpaired) electrons. The van der Waals surface area contributed by atoms with Crippen molar-refractivity contribution in [3.63, 3.8) is 0 Å². The lowest BCUT2D eigenvalue weighted by atomic mass is 10.2. The Morgan fingerprint density at radius 1 is 0.603 bits per heavy atom. The standard InChI is InChI=1S/C22H28N6O3.C13H11ClN4O.C9H18N2O2/c1-22(2,3)31-21(29)27-11-9-26(10-12-27)19-18-20(24-14-23-19)28(15-25-18)13-16-5-7-17(30-4)8-6-16;1-19-10-4-2-9(3-5-10)6-18-8-17-11-12(14)15-7-16-13(11)18;1-9(2,3)13-8(12)11-6-4-10-5-7-11/h5-8,14-15H,9-13H2,1-4H3;2-5,7-8H,6H2,1H3;10H,4-7H2,1-3H3. The van der Waals surface area contributed by atoms with Crippen LogP contribution in [0.1, 0.15) is 52.7 Å². The number of rotatable bonds is 7. The van der Waals surface area contributed by atoms with Crippen molar-refractivity contribution in [3.8, 4) is 11.5 Å². The topological polar surface area (TPSA) is 180 Å². The number of anilines is 1. The summed E-state index contributed by atoms with van der Waals surface area (Å²) in [5.41, 5.74) is 4.29. The summed E-state index contributed by atoms with van der Waals surface area (Å²) < 4.78 is 25.0.